The average molecular weight is 537 g/mol. The minimum atomic E-state index is 0.836. The van der Waals surface area contributed by atoms with Gasteiger partial charge >= 0.3 is 0 Å². The number of fused-ring (bicyclic) bond motifs is 7. The Morgan fingerprint density at radius 2 is 1.02 bits per heavy atom. The summed E-state index contributed by atoms with van der Waals surface area (Å²) in [6.45, 7) is 0. The van der Waals surface area contributed by atoms with Crippen LogP contribution in [0, 0.1) is 0 Å². The SMILES string of the molecule is c1ccc(-c2cccc(-c3c4ccccc4c(-c4cccc5oc6ccc7ccoc7c6c45)c4ccccc34)c2)cc1. The Bertz CT molecular complexity index is 2400. The number of benzene rings is 7. The Morgan fingerprint density at radius 3 is 1.79 bits per heavy atom. The first-order valence-corrected chi connectivity index (χ1v) is 14.3. The Balaban J connectivity index is 1.41. The molecule has 0 N–H and O–H groups in total. The molecule has 2 heterocycles. The Labute approximate surface area is 242 Å². The van der Waals surface area contributed by atoms with Gasteiger partial charge in [0.1, 0.15) is 16.7 Å². The molecule has 0 unspecified atom stereocenters. The number of furan rings is 2. The van der Waals surface area contributed by atoms with Crippen LogP contribution in [0.3, 0.4) is 0 Å². The highest BCUT2D eigenvalue weighted by atomic mass is 16.3. The second kappa shape index (κ2) is 8.95. The largest absolute Gasteiger partial charge is 0.464 e. The zero-order valence-electron chi connectivity index (χ0n) is 22.7. The van der Waals surface area contributed by atoms with E-state index in [9.17, 15) is 0 Å². The van der Waals surface area contributed by atoms with E-state index in [2.05, 4.69) is 133 Å². The van der Waals surface area contributed by atoms with Gasteiger partial charge in [-0.1, -0.05) is 109 Å². The van der Waals surface area contributed by atoms with Crippen LogP contribution in [0.15, 0.2) is 155 Å². The van der Waals surface area contributed by atoms with Crippen molar-refractivity contribution in [2.45, 2.75) is 0 Å². The Morgan fingerprint density at radius 1 is 0.405 bits per heavy atom. The van der Waals surface area contributed by atoms with E-state index >= 15 is 0 Å². The summed E-state index contributed by atoms with van der Waals surface area (Å²) in [5.41, 5.74) is 9.80. The van der Waals surface area contributed by atoms with Crippen molar-refractivity contribution in [3.63, 3.8) is 0 Å². The second-order valence-corrected chi connectivity index (χ2v) is 10.8. The molecule has 0 amide bonds. The zero-order chi connectivity index (χ0) is 27.6. The van der Waals surface area contributed by atoms with Crippen molar-refractivity contribution in [1.82, 2.24) is 0 Å². The van der Waals surface area contributed by atoms with Crippen LogP contribution >= 0.6 is 0 Å². The zero-order valence-corrected chi connectivity index (χ0v) is 22.7. The van der Waals surface area contributed by atoms with Gasteiger partial charge in [0.15, 0.2) is 0 Å². The summed E-state index contributed by atoms with van der Waals surface area (Å²) in [4.78, 5) is 0. The van der Waals surface area contributed by atoms with E-state index in [1.807, 2.05) is 6.07 Å². The van der Waals surface area contributed by atoms with Crippen LogP contribution in [0.2, 0.25) is 0 Å². The van der Waals surface area contributed by atoms with Crippen LogP contribution in [0.1, 0.15) is 0 Å². The van der Waals surface area contributed by atoms with Gasteiger partial charge in [-0.3, -0.25) is 0 Å². The molecule has 9 rings (SSSR count). The maximum atomic E-state index is 6.40. The van der Waals surface area contributed by atoms with Crippen molar-refractivity contribution >= 4 is 54.5 Å². The summed E-state index contributed by atoms with van der Waals surface area (Å²) >= 11 is 0. The van der Waals surface area contributed by atoms with Crippen molar-refractivity contribution in [3.05, 3.63) is 146 Å². The van der Waals surface area contributed by atoms with Gasteiger partial charge in [-0.2, -0.15) is 0 Å². The van der Waals surface area contributed by atoms with Crippen molar-refractivity contribution in [2.24, 2.45) is 0 Å². The number of hydrogen-bond acceptors (Lipinski definition) is 2. The van der Waals surface area contributed by atoms with Gasteiger partial charge < -0.3 is 8.83 Å². The van der Waals surface area contributed by atoms with Gasteiger partial charge in [-0.15, -0.1) is 0 Å². The number of rotatable bonds is 3. The summed E-state index contributed by atoms with van der Waals surface area (Å²) < 4.78 is 12.4. The molecule has 2 heteroatoms. The molecule has 196 valence electrons. The molecule has 42 heavy (non-hydrogen) atoms. The first kappa shape index (κ1) is 23.1. The van der Waals surface area contributed by atoms with Crippen LogP contribution in [0.5, 0.6) is 0 Å². The van der Waals surface area contributed by atoms with E-state index in [-0.39, 0.29) is 0 Å². The van der Waals surface area contributed by atoms with Crippen LogP contribution in [0.25, 0.3) is 87.8 Å². The van der Waals surface area contributed by atoms with E-state index in [0.717, 1.165) is 38.5 Å². The lowest BCUT2D eigenvalue weighted by molar-refractivity contribution is 0.618. The van der Waals surface area contributed by atoms with Crippen molar-refractivity contribution in [3.8, 4) is 33.4 Å². The van der Waals surface area contributed by atoms with Gasteiger partial charge in [-0.25, -0.2) is 0 Å². The maximum Gasteiger partial charge on any atom is 0.145 e. The highest BCUT2D eigenvalue weighted by molar-refractivity contribution is 6.28. The average Bonchev–Trinajstić information content (AvgIpc) is 3.69. The molecule has 7 aromatic carbocycles. The lowest BCUT2D eigenvalue weighted by Crippen LogP contribution is -1.91. The highest BCUT2D eigenvalue weighted by Crippen LogP contribution is 2.48. The molecular formula is C40H24O2. The molecule has 9 aromatic rings. The third-order valence-corrected chi connectivity index (χ3v) is 8.54. The Hall–Kier alpha value is -5.60. The van der Waals surface area contributed by atoms with E-state index in [1.54, 1.807) is 6.26 Å². The molecular weight excluding hydrogens is 512 g/mol. The fourth-order valence-corrected chi connectivity index (χ4v) is 6.75. The lowest BCUT2D eigenvalue weighted by Gasteiger charge is -2.18. The highest BCUT2D eigenvalue weighted by Gasteiger charge is 2.21. The Kier molecular flexibility index (Phi) is 4.93. The summed E-state index contributed by atoms with van der Waals surface area (Å²) in [5.74, 6) is 0. The van der Waals surface area contributed by atoms with Gasteiger partial charge in [0.25, 0.3) is 0 Å². The molecule has 0 aliphatic heterocycles. The molecule has 0 aliphatic carbocycles. The molecule has 2 aromatic heterocycles. The van der Waals surface area contributed by atoms with Crippen molar-refractivity contribution < 1.29 is 8.83 Å². The van der Waals surface area contributed by atoms with E-state index < -0.39 is 0 Å². The van der Waals surface area contributed by atoms with Gasteiger partial charge in [0.05, 0.1) is 11.6 Å². The summed E-state index contributed by atoms with van der Waals surface area (Å²) in [5, 5.41) is 8.06. The minimum absolute atomic E-state index is 0.836. The summed E-state index contributed by atoms with van der Waals surface area (Å²) in [6, 6.07) is 49.6. The second-order valence-electron chi connectivity index (χ2n) is 10.8. The van der Waals surface area contributed by atoms with Crippen LogP contribution in [-0.2, 0) is 0 Å². The molecule has 0 spiro atoms. The van der Waals surface area contributed by atoms with Gasteiger partial charge in [0, 0.05) is 10.8 Å². The molecule has 0 saturated heterocycles. The quantitative estimate of drug-likeness (QED) is 0.210. The van der Waals surface area contributed by atoms with Crippen LogP contribution in [0.4, 0.5) is 0 Å². The maximum absolute atomic E-state index is 6.40. The molecule has 0 bridgehead atoms. The van der Waals surface area contributed by atoms with Gasteiger partial charge in [-0.05, 0) is 85.3 Å². The summed E-state index contributed by atoms with van der Waals surface area (Å²) in [7, 11) is 0. The molecule has 0 saturated carbocycles. The third kappa shape index (κ3) is 3.33. The first-order valence-electron chi connectivity index (χ1n) is 14.3. The van der Waals surface area contributed by atoms with Crippen molar-refractivity contribution in [2.75, 3.05) is 0 Å². The topological polar surface area (TPSA) is 26.3 Å². The molecule has 2 nitrogen and oxygen atoms in total. The van der Waals surface area contributed by atoms with Crippen LogP contribution < -0.4 is 0 Å². The standard InChI is InChI=1S/C40H24O2/c1-2-10-25(11-3-1)27-12-8-13-28(24-27)36-29-14-4-6-16-31(29)37(32-17-7-5-15-30(32)36)33-18-9-19-34-38(33)39-35(42-34)21-20-26-22-23-41-40(26)39/h1-24H. The summed E-state index contributed by atoms with van der Waals surface area (Å²) in [6.07, 6.45) is 1.76. The van der Waals surface area contributed by atoms with Crippen LogP contribution in [-0.4, -0.2) is 0 Å². The van der Waals surface area contributed by atoms with E-state index in [0.29, 0.717) is 0 Å². The predicted octanol–water partition coefficient (Wildman–Crippen LogP) is 11.6. The molecule has 0 radical (unpaired) electrons. The van der Waals surface area contributed by atoms with E-state index in [1.165, 1.54) is 49.4 Å². The van der Waals surface area contributed by atoms with Gasteiger partial charge in [0.2, 0.25) is 0 Å². The monoisotopic (exact) mass is 536 g/mol. The fourth-order valence-electron chi connectivity index (χ4n) is 6.75. The van der Waals surface area contributed by atoms with Crippen molar-refractivity contribution in [1.29, 1.82) is 0 Å². The number of hydrogen-bond donors (Lipinski definition) is 0. The molecule has 0 aliphatic rings. The minimum Gasteiger partial charge on any atom is -0.464 e. The third-order valence-electron chi connectivity index (χ3n) is 8.54. The van der Waals surface area contributed by atoms with E-state index in [4.69, 9.17) is 8.83 Å². The molecule has 0 fully saturated rings. The first-order chi connectivity index (χ1) is 20.8. The normalized spacial score (nSPS) is 11.8. The smallest absolute Gasteiger partial charge is 0.145 e. The molecule has 0 atom stereocenters. The lowest BCUT2D eigenvalue weighted by atomic mass is 9.84. The fraction of sp³-hybridized carbons (Fsp3) is 0. The predicted molar refractivity (Wildman–Crippen MR) is 175 cm³/mol.